The van der Waals surface area contributed by atoms with Crippen molar-refractivity contribution in [2.75, 3.05) is 25.5 Å². The molecule has 0 fully saturated rings. The summed E-state index contributed by atoms with van der Waals surface area (Å²) in [5.41, 5.74) is 1.76. The first kappa shape index (κ1) is 22.4. The highest BCUT2D eigenvalue weighted by molar-refractivity contribution is 6.31. The second-order valence-corrected chi connectivity index (χ2v) is 7.04. The molecule has 26 heavy (non-hydrogen) atoms. The van der Waals surface area contributed by atoms with Gasteiger partial charge in [-0.15, -0.1) is 0 Å². The van der Waals surface area contributed by atoms with Gasteiger partial charge in [-0.2, -0.15) is 5.11 Å². The molecule has 0 aliphatic heterocycles. The van der Waals surface area contributed by atoms with E-state index < -0.39 is 5.82 Å². The fraction of sp³-hybridized carbons (Fsp3) is 0.579. The number of hydrogen-bond acceptors (Lipinski definition) is 4. The Balaban J connectivity index is 2.57. The van der Waals surface area contributed by atoms with Gasteiger partial charge in [0, 0.05) is 31.4 Å². The van der Waals surface area contributed by atoms with Gasteiger partial charge >= 0.3 is 0 Å². The largest absolute Gasteiger partial charge is 0.378 e. The lowest BCUT2D eigenvalue weighted by molar-refractivity contribution is 0.304. The van der Waals surface area contributed by atoms with E-state index in [2.05, 4.69) is 41.4 Å². The molecule has 0 aromatic heterocycles. The van der Waals surface area contributed by atoms with Crippen molar-refractivity contribution in [2.24, 2.45) is 10.3 Å². The molecule has 0 radical (unpaired) electrons. The molecule has 0 saturated heterocycles. The highest BCUT2D eigenvalue weighted by atomic mass is 35.5. The molecule has 146 valence electrons. The zero-order valence-electron chi connectivity index (χ0n) is 16.4. The summed E-state index contributed by atoms with van der Waals surface area (Å²) in [6.45, 7) is 13.8. The number of benzene rings is 1. The summed E-state index contributed by atoms with van der Waals surface area (Å²) >= 11 is 5.84. The molecular weight excluding hydrogens is 353 g/mol. The lowest BCUT2D eigenvalue weighted by atomic mass is 10.1. The van der Waals surface area contributed by atoms with Gasteiger partial charge in [0.2, 0.25) is 0 Å². The van der Waals surface area contributed by atoms with Gasteiger partial charge in [-0.1, -0.05) is 35.9 Å². The van der Waals surface area contributed by atoms with Crippen LogP contribution in [0.3, 0.4) is 0 Å². The molecule has 2 N–H and O–H groups in total. The quantitative estimate of drug-likeness (QED) is 0.324. The van der Waals surface area contributed by atoms with E-state index in [4.69, 9.17) is 11.6 Å². The molecular formula is C19H31ClFN5. The Morgan fingerprint density at radius 3 is 2.65 bits per heavy atom. The van der Waals surface area contributed by atoms with Crippen molar-refractivity contribution in [3.05, 3.63) is 41.2 Å². The van der Waals surface area contributed by atoms with Crippen molar-refractivity contribution in [1.82, 2.24) is 10.3 Å². The minimum atomic E-state index is -0.426. The second-order valence-electron chi connectivity index (χ2n) is 6.63. The number of hydrogen-bond donors (Lipinski definition) is 2. The molecule has 0 aliphatic carbocycles. The van der Waals surface area contributed by atoms with E-state index in [0.29, 0.717) is 6.54 Å². The third-order valence-electron chi connectivity index (χ3n) is 4.23. The van der Waals surface area contributed by atoms with Crippen molar-refractivity contribution in [3.8, 4) is 0 Å². The third-order valence-corrected chi connectivity index (χ3v) is 4.52. The van der Waals surface area contributed by atoms with Gasteiger partial charge in [0.1, 0.15) is 5.82 Å². The Morgan fingerprint density at radius 2 is 2.08 bits per heavy atom. The van der Waals surface area contributed by atoms with E-state index in [9.17, 15) is 4.39 Å². The molecule has 0 aliphatic rings. The summed E-state index contributed by atoms with van der Waals surface area (Å²) in [4.78, 5) is 0. The number of halogens is 2. The SMILES string of the molecule is C=C(C)C(CCN(C)/N=N\[C@@H](C)C(C)NCC)Nc1ccc(F)c(Cl)c1. The number of nitrogens with zero attached hydrogens (tertiary/aromatic N) is 3. The molecule has 7 heteroatoms. The minimum Gasteiger partial charge on any atom is -0.378 e. The van der Waals surface area contributed by atoms with Crippen LogP contribution in [0.1, 0.15) is 34.1 Å². The summed E-state index contributed by atoms with van der Waals surface area (Å²) < 4.78 is 13.3. The number of anilines is 1. The number of likely N-dealkylation sites (N-methyl/N-ethyl adjacent to an activating group) is 1. The van der Waals surface area contributed by atoms with Crippen molar-refractivity contribution < 1.29 is 4.39 Å². The van der Waals surface area contributed by atoms with Crippen LogP contribution >= 0.6 is 11.6 Å². The zero-order valence-corrected chi connectivity index (χ0v) is 17.1. The summed E-state index contributed by atoms with van der Waals surface area (Å²) in [5, 5.41) is 17.2. The van der Waals surface area contributed by atoms with Gasteiger partial charge in [0.15, 0.2) is 0 Å². The molecule has 1 aromatic carbocycles. The molecule has 3 atom stereocenters. The summed E-state index contributed by atoms with van der Waals surface area (Å²) in [7, 11) is 1.90. The second kappa shape index (κ2) is 11.1. The van der Waals surface area contributed by atoms with E-state index in [-0.39, 0.29) is 23.1 Å². The highest BCUT2D eigenvalue weighted by Gasteiger charge is 2.13. The van der Waals surface area contributed by atoms with E-state index in [0.717, 1.165) is 24.2 Å². The maximum atomic E-state index is 13.3. The average Bonchev–Trinajstić information content (AvgIpc) is 2.59. The maximum absolute atomic E-state index is 13.3. The lowest BCUT2D eigenvalue weighted by Crippen LogP contribution is -2.34. The maximum Gasteiger partial charge on any atom is 0.141 e. The van der Waals surface area contributed by atoms with Crippen LogP contribution in [0.4, 0.5) is 10.1 Å². The summed E-state index contributed by atoms with van der Waals surface area (Å²) in [6, 6.07) is 5.03. The van der Waals surface area contributed by atoms with Crippen LogP contribution in [0.5, 0.6) is 0 Å². The topological polar surface area (TPSA) is 52.0 Å². The normalized spacial score (nSPS) is 14.9. The van der Waals surface area contributed by atoms with Crippen LogP contribution in [0.2, 0.25) is 5.02 Å². The molecule has 2 unspecified atom stereocenters. The average molecular weight is 384 g/mol. The monoisotopic (exact) mass is 383 g/mol. The van der Waals surface area contributed by atoms with E-state index in [1.54, 1.807) is 12.1 Å². The Kier molecular flexibility index (Phi) is 9.59. The van der Waals surface area contributed by atoms with E-state index in [1.165, 1.54) is 6.07 Å². The number of nitrogens with one attached hydrogen (secondary N) is 2. The lowest BCUT2D eigenvalue weighted by Gasteiger charge is -2.23. The Hall–Kier alpha value is -1.66. The van der Waals surface area contributed by atoms with E-state index in [1.807, 2.05) is 25.9 Å². The van der Waals surface area contributed by atoms with Crippen molar-refractivity contribution in [3.63, 3.8) is 0 Å². The smallest absolute Gasteiger partial charge is 0.141 e. The van der Waals surface area contributed by atoms with Gasteiger partial charge < -0.3 is 10.6 Å². The Bertz CT molecular complexity index is 608. The van der Waals surface area contributed by atoms with Gasteiger partial charge in [0.05, 0.1) is 11.1 Å². The molecule has 0 saturated carbocycles. The molecule has 0 bridgehead atoms. The van der Waals surface area contributed by atoms with Gasteiger partial charge in [0.25, 0.3) is 0 Å². The fourth-order valence-corrected chi connectivity index (χ4v) is 2.53. The predicted molar refractivity (Wildman–Crippen MR) is 108 cm³/mol. The minimum absolute atomic E-state index is 0.0345. The first-order chi connectivity index (χ1) is 12.2. The highest BCUT2D eigenvalue weighted by Crippen LogP contribution is 2.21. The van der Waals surface area contributed by atoms with Gasteiger partial charge in [-0.3, -0.25) is 5.01 Å². The van der Waals surface area contributed by atoms with Gasteiger partial charge in [-0.05, 0) is 51.9 Å². The molecule has 0 amide bonds. The molecule has 0 spiro atoms. The number of rotatable bonds is 11. The first-order valence-electron chi connectivity index (χ1n) is 8.96. The predicted octanol–water partition coefficient (Wildman–Crippen LogP) is 4.91. The fourth-order valence-electron chi connectivity index (χ4n) is 2.35. The van der Waals surface area contributed by atoms with E-state index >= 15 is 0 Å². The summed E-state index contributed by atoms with van der Waals surface area (Å²) in [5.74, 6) is -0.426. The Labute approximate surface area is 161 Å². The molecule has 5 nitrogen and oxygen atoms in total. The first-order valence-corrected chi connectivity index (χ1v) is 9.34. The van der Waals surface area contributed by atoms with Gasteiger partial charge in [-0.25, -0.2) is 4.39 Å². The standard InChI is InChI=1S/C19H31ClFN5/c1-7-22-14(4)15(5)24-25-26(6)11-10-19(13(2)3)23-16-8-9-18(21)17(20)12-16/h8-9,12,14-15,19,22-23H,2,7,10-11H2,1,3-6H3/b25-24-/t14?,15-,19?/m0/s1. The zero-order chi connectivity index (χ0) is 19.7. The van der Waals surface area contributed by atoms with Crippen molar-refractivity contribution >= 4 is 17.3 Å². The summed E-state index contributed by atoms with van der Waals surface area (Å²) in [6.07, 6.45) is 0.789. The van der Waals surface area contributed by atoms with Crippen LogP contribution in [-0.2, 0) is 0 Å². The van der Waals surface area contributed by atoms with Crippen LogP contribution in [0.15, 0.2) is 40.7 Å². The van der Waals surface area contributed by atoms with Crippen LogP contribution in [-0.4, -0.2) is 43.3 Å². The molecule has 0 heterocycles. The Morgan fingerprint density at radius 1 is 1.38 bits per heavy atom. The molecule has 1 rings (SSSR count). The van der Waals surface area contributed by atoms with Crippen molar-refractivity contribution in [1.29, 1.82) is 0 Å². The van der Waals surface area contributed by atoms with Crippen LogP contribution < -0.4 is 10.6 Å². The molecule has 1 aromatic rings. The third kappa shape index (κ3) is 7.70. The van der Waals surface area contributed by atoms with Crippen LogP contribution in [0.25, 0.3) is 0 Å². The van der Waals surface area contributed by atoms with Crippen molar-refractivity contribution in [2.45, 2.75) is 52.2 Å². The van der Waals surface area contributed by atoms with Crippen LogP contribution in [0, 0.1) is 5.82 Å².